The molecule has 23 heavy (non-hydrogen) atoms. The summed E-state index contributed by atoms with van der Waals surface area (Å²) in [7, 11) is 0. The molecule has 122 valence electrons. The molecule has 1 aliphatic carbocycles. The predicted molar refractivity (Wildman–Crippen MR) is 100 cm³/mol. The summed E-state index contributed by atoms with van der Waals surface area (Å²) >= 11 is 5.44. The van der Waals surface area contributed by atoms with Gasteiger partial charge in [-0.3, -0.25) is 0 Å². The smallest absolute Gasteiger partial charge is 0.176 e. The topological polar surface area (TPSA) is 41.9 Å². The summed E-state index contributed by atoms with van der Waals surface area (Å²) in [4.78, 5) is 0. The summed E-state index contributed by atoms with van der Waals surface area (Å²) in [5.74, 6) is 0.972. The maximum absolute atomic E-state index is 5.44. The van der Waals surface area contributed by atoms with Gasteiger partial charge in [-0.15, -0.1) is 0 Å². The summed E-state index contributed by atoms with van der Waals surface area (Å²) in [5, 5.41) is 11.6. The second kappa shape index (κ2) is 7.59. The number of thiocarbonyl (C=S) groups is 1. The maximum atomic E-state index is 5.44. The molecular weight excluding hydrogens is 304 g/mol. The lowest BCUT2D eigenvalue weighted by atomic mass is 9.96. The van der Waals surface area contributed by atoms with Crippen molar-refractivity contribution in [3.8, 4) is 0 Å². The van der Waals surface area contributed by atoms with Crippen LogP contribution in [0.4, 0.5) is 11.5 Å². The zero-order chi connectivity index (χ0) is 16.1. The predicted octanol–water partition coefficient (Wildman–Crippen LogP) is 4.76. The van der Waals surface area contributed by atoms with Gasteiger partial charge < -0.3 is 10.6 Å². The van der Waals surface area contributed by atoms with Crippen molar-refractivity contribution in [2.24, 2.45) is 0 Å². The van der Waals surface area contributed by atoms with E-state index in [2.05, 4.69) is 51.6 Å². The molecule has 1 heterocycles. The highest BCUT2D eigenvalue weighted by Gasteiger charge is 2.18. The fourth-order valence-electron chi connectivity index (χ4n) is 3.13. The van der Waals surface area contributed by atoms with E-state index in [0.717, 1.165) is 17.9 Å². The number of hydrogen-bond acceptors (Lipinski definition) is 2. The summed E-state index contributed by atoms with van der Waals surface area (Å²) in [6.45, 7) is 2.15. The van der Waals surface area contributed by atoms with Crippen LogP contribution in [0.5, 0.6) is 0 Å². The molecule has 1 saturated carbocycles. The Balaban J connectivity index is 1.62. The van der Waals surface area contributed by atoms with Gasteiger partial charge in [0.05, 0.1) is 12.2 Å². The van der Waals surface area contributed by atoms with Gasteiger partial charge in [0.25, 0.3) is 0 Å². The molecule has 1 aromatic carbocycles. The molecule has 2 aromatic rings. The number of benzene rings is 1. The highest BCUT2D eigenvalue weighted by Crippen LogP contribution is 2.29. The minimum absolute atomic E-state index is 0.493. The van der Waals surface area contributed by atoms with Crippen LogP contribution in [0.15, 0.2) is 36.5 Å². The van der Waals surface area contributed by atoms with Crippen LogP contribution in [0, 0.1) is 0 Å². The summed E-state index contributed by atoms with van der Waals surface area (Å²) < 4.78 is 2.09. The Morgan fingerprint density at radius 3 is 2.57 bits per heavy atom. The molecule has 1 aliphatic rings. The molecule has 1 aromatic heterocycles. The first-order chi connectivity index (χ1) is 11.3. The van der Waals surface area contributed by atoms with Crippen LogP contribution in [0.1, 0.15) is 50.6 Å². The molecule has 0 saturated heterocycles. The molecule has 0 radical (unpaired) electrons. The summed E-state index contributed by atoms with van der Waals surface area (Å²) in [6.07, 6.45) is 9.21. The molecular formula is C18H24N4S. The maximum Gasteiger partial charge on any atom is 0.176 e. The molecule has 0 atom stereocenters. The first-order valence-electron chi connectivity index (χ1n) is 8.46. The van der Waals surface area contributed by atoms with Crippen molar-refractivity contribution < 1.29 is 0 Å². The third-order valence-electron chi connectivity index (χ3n) is 4.45. The van der Waals surface area contributed by atoms with Gasteiger partial charge in [-0.1, -0.05) is 38.3 Å². The summed E-state index contributed by atoms with van der Waals surface area (Å²) in [5.41, 5.74) is 2.33. The van der Waals surface area contributed by atoms with Gasteiger partial charge >= 0.3 is 0 Å². The molecule has 0 bridgehead atoms. The van der Waals surface area contributed by atoms with Crippen LogP contribution in [0.3, 0.4) is 0 Å². The average molecular weight is 328 g/mol. The fraction of sp³-hybridized carbons (Fsp3) is 0.444. The van der Waals surface area contributed by atoms with E-state index in [1.54, 1.807) is 0 Å². The lowest BCUT2D eigenvalue weighted by Crippen LogP contribution is -2.23. The van der Waals surface area contributed by atoms with Gasteiger partial charge in [0.15, 0.2) is 5.11 Å². The Hall–Kier alpha value is -1.88. The van der Waals surface area contributed by atoms with Crippen LogP contribution in [0.25, 0.3) is 0 Å². The average Bonchev–Trinajstić information content (AvgIpc) is 3.04. The Morgan fingerprint density at radius 1 is 1.13 bits per heavy atom. The van der Waals surface area contributed by atoms with Crippen LogP contribution in [-0.2, 0) is 6.42 Å². The zero-order valence-corrected chi connectivity index (χ0v) is 14.4. The van der Waals surface area contributed by atoms with Crippen molar-refractivity contribution in [1.29, 1.82) is 0 Å². The third-order valence-corrected chi connectivity index (χ3v) is 4.66. The van der Waals surface area contributed by atoms with Crippen molar-refractivity contribution in [3.05, 3.63) is 42.1 Å². The normalized spacial score (nSPS) is 15.3. The van der Waals surface area contributed by atoms with Crippen molar-refractivity contribution in [2.75, 3.05) is 10.6 Å². The van der Waals surface area contributed by atoms with Crippen molar-refractivity contribution >= 4 is 28.8 Å². The minimum atomic E-state index is 0.493. The largest absolute Gasteiger partial charge is 0.332 e. The van der Waals surface area contributed by atoms with Gasteiger partial charge in [-0.2, -0.15) is 5.10 Å². The highest BCUT2D eigenvalue weighted by atomic mass is 32.1. The minimum Gasteiger partial charge on any atom is -0.332 e. The van der Waals surface area contributed by atoms with E-state index < -0.39 is 0 Å². The number of hydrogen-bond donors (Lipinski definition) is 2. The number of aromatic nitrogens is 2. The van der Waals surface area contributed by atoms with Crippen molar-refractivity contribution in [2.45, 2.75) is 51.5 Å². The highest BCUT2D eigenvalue weighted by molar-refractivity contribution is 7.80. The summed E-state index contributed by atoms with van der Waals surface area (Å²) in [6, 6.07) is 10.8. The van der Waals surface area contributed by atoms with E-state index >= 15 is 0 Å². The number of rotatable bonds is 4. The van der Waals surface area contributed by atoms with E-state index in [1.807, 2.05) is 12.3 Å². The second-order valence-electron chi connectivity index (χ2n) is 6.08. The lowest BCUT2D eigenvalue weighted by molar-refractivity contribution is 0.333. The molecule has 0 amide bonds. The van der Waals surface area contributed by atoms with Crippen molar-refractivity contribution in [3.63, 3.8) is 0 Å². The fourth-order valence-corrected chi connectivity index (χ4v) is 3.35. The van der Waals surface area contributed by atoms with Gasteiger partial charge in [0, 0.05) is 11.8 Å². The number of nitrogens with one attached hydrogen (secondary N) is 2. The van der Waals surface area contributed by atoms with Crippen LogP contribution < -0.4 is 10.6 Å². The molecule has 5 heteroatoms. The van der Waals surface area contributed by atoms with E-state index in [4.69, 9.17) is 12.2 Å². The molecule has 2 N–H and O–H groups in total. The monoisotopic (exact) mass is 328 g/mol. The van der Waals surface area contributed by atoms with Crippen LogP contribution in [0.2, 0.25) is 0 Å². The first-order valence-corrected chi connectivity index (χ1v) is 8.87. The molecule has 4 nitrogen and oxygen atoms in total. The molecule has 3 rings (SSSR count). The molecule has 0 aliphatic heterocycles. The third kappa shape index (κ3) is 4.10. The Bertz CT molecular complexity index is 641. The Labute approximate surface area is 143 Å². The van der Waals surface area contributed by atoms with E-state index in [-0.39, 0.29) is 0 Å². The van der Waals surface area contributed by atoms with Gasteiger partial charge in [0.2, 0.25) is 0 Å². The standard InChI is InChI=1S/C18H24N4S/c1-2-14-8-10-15(11-9-14)20-18(23)21-17-12-13-19-22(17)16-6-4-3-5-7-16/h8-13,16H,2-7H2,1H3,(H2,20,21,23). The first kappa shape index (κ1) is 16.0. The van der Waals surface area contributed by atoms with Crippen LogP contribution in [-0.4, -0.2) is 14.9 Å². The molecule has 0 spiro atoms. The van der Waals surface area contributed by atoms with Gasteiger partial charge in [0.1, 0.15) is 5.82 Å². The van der Waals surface area contributed by atoms with Gasteiger partial charge in [-0.05, 0) is 49.2 Å². The van der Waals surface area contributed by atoms with E-state index in [0.29, 0.717) is 11.2 Å². The van der Waals surface area contributed by atoms with E-state index in [9.17, 15) is 0 Å². The zero-order valence-electron chi connectivity index (χ0n) is 13.6. The Kier molecular flexibility index (Phi) is 5.28. The Morgan fingerprint density at radius 2 is 1.87 bits per heavy atom. The SMILES string of the molecule is CCc1ccc(NC(=S)Nc2ccnn2C2CCCCC2)cc1. The van der Waals surface area contributed by atoms with E-state index in [1.165, 1.54) is 37.7 Å². The van der Waals surface area contributed by atoms with Crippen molar-refractivity contribution in [1.82, 2.24) is 9.78 Å². The van der Waals surface area contributed by atoms with Gasteiger partial charge in [-0.25, -0.2) is 4.68 Å². The quantitative estimate of drug-likeness (QED) is 0.794. The number of aryl methyl sites for hydroxylation is 1. The number of anilines is 2. The molecule has 1 fully saturated rings. The molecule has 0 unspecified atom stereocenters. The van der Waals surface area contributed by atoms with Crippen LogP contribution >= 0.6 is 12.2 Å². The lowest BCUT2D eigenvalue weighted by Gasteiger charge is -2.24. The second-order valence-corrected chi connectivity index (χ2v) is 6.49. The number of nitrogens with zero attached hydrogens (tertiary/aromatic N) is 2.